The third-order valence-corrected chi connectivity index (χ3v) is 5.14. The number of aromatic amines is 1. The van der Waals surface area contributed by atoms with Gasteiger partial charge in [-0.15, -0.1) is 10.2 Å². The molecule has 0 saturated heterocycles. The number of hydrogen-bond donors (Lipinski definition) is 1. The topological polar surface area (TPSA) is 109 Å². The molecule has 160 valence electrons. The van der Waals surface area contributed by atoms with Crippen molar-refractivity contribution in [2.45, 2.75) is 26.0 Å². The maximum Gasteiger partial charge on any atom is 0.280 e. The van der Waals surface area contributed by atoms with Crippen LogP contribution >= 0.6 is 0 Å². The molecule has 1 aliphatic heterocycles. The molecule has 0 amide bonds. The highest BCUT2D eigenvalue weighted by atomic mass is 16.6. The minimum Gasteiger partial charge on any atom is -0.486 e. The summed E-state index contributed by atoms with van der Waals surface area (Å²) >= 11 is 0. The molecule has 1 atom stereocenters. The minimum absolute atomic E-state index is 0.180. The molecule has 0 fully saturated rings. The van der Waals surface area contributed by atoms with E-state index in [1.165, 1.54) is 4.68 Å². The molecule has 4 heterocycles. The Morgan fingerprint density at radius 1 is 1.29 bits per heavy atom. The maximum absolute atomic E-state index is 13.1. The fourth-order valence-electron chi connectivity index (χ4n) is 3.63. The van der Waals surface area contributed by atoms with Crippen molar-refractivity contribution in [2.24, 2.45) is 0 Å². The van der Waals surface area contributed by atoms with Gasteiger partial charge < -0.3 is 18.8 Å². The minimum atomic E-state index is -0.231. The van der Waals surface area contributed by atoms with Crippen LogP contribution in [0.2, 0.25) is 0 Å². The Labute approximate surface area is 177 Å². The van der Waals surface area contributed by atoms with E-state index in [-0.39, 0.29) is 17.7 Å². The first kappa shape index (κ1) is 19.3. The SMILES string of the molecule is COCC1COc2cc3[nH]n(-c4cccc(-c5nncn5C(C)C)n4)c(=O)c3cc2O1. The number of pyridine rings is 1. The number of nitrogens with one attached hydrogen (secondary N) is 1. The molecule has 10 nitrogen and oxygen atoms in total. The van der Waals surface area contributed by atoms with Gasteiger partial charge in [0.05, 0.1) is 17.5 Å². The third kappa shape index (κ3) is 3.34. The second kappa shape index (κ2) is 7.55. The van der Waals surface area contributed by atoms with Crippen molar-refractivity contribution < 1.29 is 14.2 Å². The van der Waals surface area contributed by atoms with Crippen LogP contribution in [0.3, 0.4) is 0 Å². The van der Waals surface area contributed by atoms with E-state index in [0.717, 1.165) is 0 Å². The first-order valence-corrected chi connectivity index (χ1v) is 9.99. The predicted octanol–water partition coefficient (Wildman–Crippen LogP) is 2.34. The fourth-order valence-corrected chi connectivity index (χ4v) is 3.63. The van der Waals surface area contributed by atoms with Gasteiger partial charge in [0.2, 0.25) is 0 Å². The van der Waals surface area contributed by atoms with Gasteiger partial charge in [0.25, 0.3) is 5.56 Å². The smallest absolute Gasteiger partial charge is 0.280 e. The molecule has 31 heavy (non-hydrogen) atoms. The molecule has 3 aromatic heterocycles. The highest BCUT2D eigenvalue weighted by Gasteiger charge is 2.23. The van der Waals surface area contributed by atoms with Gasteiger partial charge in [0.1, 0.15) is 18.6 Å². The number of hydrogen-bond acceptors (Lipinski definition) is 7. The fraction of sp³-hybridized carbons (Fsp3) is 0.333. The zero-order valence-electron chi connectivity index (χ0n) is 17.4. The number of ether oxygens (including phenoxy) is 3. The summed E-state index contributed by atoms with van der Waals surface area (Å²) < 4.78 is 20.2. The normalized spacial score (nSPS) is 15.7. The van der Waals surface area contributed by atoms with Gasteiger partial charge in [-0.25, -0.2) is 9.67 Å². The van der Waals surface area contributed by atoms with E-state index in [1.54, 1.807) is 31.6 Å². The van der Waals surface area contributed by atoms with Crippen LogP contribution in [0.15, 0.2) is 41.5 Å². The van der Waals surface area contributed by atoms with Gasteiger partial charge in [-0.1, -0.05) is 6.07 Å². The number of H-pyrrole nitrogens is 1. The van der Waals surface area contributed by atoms with Crippen molar-refractivity contribution in [1.29, 1.82) is 0 Å². The number of methoxy groups -OCH3 is 1. The second-order valence-corrected chi connectivity index (χ2v) is 7.64. The third-order valence-electron chi connectivity index (χ3n) is 5.14. The molecule has 0 spiro atoms. The van der Waals surface area contributed by atoms with E-state index in [1.807, 2.05) is 30.5 Å². The summed E-state index contributed by atoms with van der Waals surface area (Å²) in [4.78, 5) is 17.8. The lowest BCUT2D eigenvalue weighted by molar-refractivity contribution is 0.0274. The van der Waals surface area contributed by atoms with Crippen molar-refractivity contribution in [2.75, 3.05) is 20.3 Å². The summed E-state index contributed by atoms with van der Waals surface area (Å²) in [5.41, 5.74) is 1.03. The van der Waals surface area contributed by atoms with Crippen LogP contribution < -0.4 is 15.0 Å². The Kier molecular flexibility index (Phi) is 4.70. The first-order chi connectivity index (χ1) is 15.0. The van der Waals surface area contributed by atoms with Crippen molar-refractivity contribution in [1.82, 2.24) is 29.5 Å². The summed E-state index contributed by atoms with van der Waals surface area (Å²) in [6.45, 7) is 4.88. The largest absolute Gasteiger partial charge is 0.486 e. The molecule has 1 aliphatic rings. The van der Waals surface area contributed by atoms with Gasteiger partial charge in [0.15, 0.2) is 29.2 Å². The molecule has 1 aromatic carbocycles. The molecule has 0 saturated carbocycles. The van der Waals surface area contributed by atoms with Crippen LogP contribution in [0.5, 0.6) is 11.5 Å². The quantitative estimate of drug-likeness (QED) is 0.526. The molecule has 1 unspecified atom stereocenters. The van der Waals surface area contributed by atoms with E-state index in [4.69, 9.17) is 14.2 Å². The monoisotopic (exact) mass is 422 g/mol. The number of benzene rings is 1. The summed E-state index contributed by atoms with van der Waals surface area (Å²) in [6, 6.07) is 9.08. The second-order valence-electron chi connectivity index (χ2n) is 7.64. The van der Waals surface area contributed by atoms with Crippen molar-refractivity contribution in [3.63, 3.8) is 0 Å². The lowest BCUT2D eigenvalue weighted by atomic mass is 10.2. The van der Waals surface area contributed by atoms with E-state index in [2.05, 4.69) is 20.3 Å². The summed E-state index contributed by atoms with van der Waals surface area (Å²) in [5, 5.41) is 11.8. The van der Waals surface area contributed by atoms with Crippen LogP contribution in [-0.4, -0.2) is 56.0 Å². The van der Waals surface area contributed by atoms with Crippen molar-refractivity contribution in [3.05, 3.63) is 47.0 Å². The molecule has 10 heteroatoms. The molecule has 1 N–H and O–H groups in total. The molecule has 4 aromatic rings. The molecule has 0 bridgehead atoms. The van der Waals surface area contributed by atoms with Gasteiger partial charge in [-0.3, -0.25) is 9.89 Å². The van der Waals surface area contributed by atoms with Crippen LogP contribution in [0.25, 0.3) is 28.2 Å². The molecule has 0 radical (unpaired) electrons. The Morgan fingerprint density at radius 2 is 2.16 bits per heavy atom. The predicted molar refractivity (Wildman–Crippen MR) is 113 cm³/mol. The summed E-state index contributed by atoms with van der Waals surface area (Å²) in [7, 11) is 1.61. The average molecular weight is 422 g/mol. The lowest BCUT2D eigenvalue weighted by Gasteiger charge is -2.25. The molecule has 0 aliphatic carbocycles. The molecule has 5 rings (SSSR count). The maximum atomic E-state index is 13.1. The van der Waals surface area contributed by atoms with Crippen molar-refractivity contribution in [3.8, 4) is 28.8 Å². The zero-order valence-corrected chi connectivity index (χ0v) is 17.4. The van der Waals surface area contributed by atoms with Crippen LogP contribution in [0.1, 0.15) is 19.9 Å². The number of aromatic nitrogens is 6. The summed E-state index contributed by atoms with van der Waals surface area (Å²) in [6.07, 6.45) is 1.46. The zero-order chi connectivity index (χ0) is 21.5. The Bertz CT molecular complexity index is 1300. The van der Waals surface area contributed by atoms with Gasteiger partial charge in [0, 0.05) is 19.2 Å². The number of nitrogens with zero attached hydrogens (tertiary/aromatic N) is 5. The van der Waals surface area contributed by atoms with Crippen LogP contribution in [0, 0.1) is 0 Å². The van der Waals surface area contributed by atoms with Gasteiger partial charge in [-0.05, 0) is 32.0 Å². The Hall–Kier alpha value is -3.66. The first-order valence-electron chi connectivity index (χ1n) is 9.99. The van der Waals surface area contributed by atoms with E-state index in [9.17, 15) is 4.79 Å². The lowest BCUT2D eigenvalue weighted by Crippen LogP contribution is -2.33. The van der Waals surface area contributed by atoms with Gasteiger partial charge in [-0.2, -0.15) is 0 Å². The molecular formula is C21H22N6O4. The molecular weight excluding hydrogens is 400 g/mol. The van der Waals surface area contributed by atoms with Gasteiger partial charge >= 0.3 is 0 Å². The van der Waals surface area contributed by atoms with E-state index < -0.39 is 0 Å². The Balaban J connectivity index is 1.56. The highest BCUT2D eigenvalue weighted by molar-refractivity contribution is 5.82. The van der Waals surface area contributed by atoms with Crippen molar-refractivity contribution >= 4 is 10.9 Å². The number of fused-ring (bicyclic) bond motifs is 2. The average Bonchev–Trinajstić information content (AvgIpc) is 3.38. The standard InChI is InChI=1S/C21H22N6O4/c1-12(2)26-11-22-24-20(26)15-5-4-6-19(23-15)27-21(28)14-7-18-17(8-16(14)25-27)30-10-13(31-18)9-29-3/h4-8,11-13,25H,9-10H2,1-3H3. The Morgan fingerprint density at radius 3 is 2.97 bits per heavy atom. The van der Waals surface area contributed by atoms with Crippen LogP contribution in [-0.2, 0) is 4.74 Å². The highest BCUT2D eigenvalue weighted by Crippen LogP contribution is 2.34. The number of rotatable bonds is 5. The van der Waals surface area contributed by atoms with Crippen LogP contribution in [0.4, 0.5) is 0 Å². The van der Waals surface area contributed by atoms with E-state index in [0.29, 0.717) is 53.0 Å². The van der Waals surface area contributed by atoms with E-state index >= 15 is 0 Å². The summed E-state index contributed by atoms with van der Waals surface area (Å²) in [5.74, 6) is 2.20.